The zero-order valence-electron chi connectivity index (χ0n) is 20.9. The molecule has 0 aromatic carbocycles. The van der Waals surface area contributed by atoms with E-state index in [1.807, 2.05) is 0 Å². The first kappa shape index (κ1) is 28.2. The lowest BCUT2D eigenvalue weighted by atomic mass is 10.0. The van der Waals surface area contributed by atoms with Gasteiger partial charge in [-0.3, -0.25) is 9.48 Å². The number of carbonyl (C=O) groups is 2. The monoisotopic (exact) mass is 449 g/mol. The second-order valence-electron chi connectivity index (χ2n) is 8.82. The highest BCUT2D eigenvalue weighted by molar-refractivity contribution is 5.95. The molecule has 1 N–H and O–H groups in total. The van der Waals surface area contributed by atoms with E-state index < -0.39 is 5.97 Å². The van der Waals surface area contributed by atoms with E-state index in [0.717, 1.165) is 12.8 Å². The molecule has 0 unspecified atom stereocenters. The van der Waals surface area contributed by atoms with Crippen LogP contribution in [0.3, 0.4) is 0 Å². The number of aromatic nitrogens is 2. The maximum absolute atomic E-state index is 12.2. The number of nitrogens with one attached hydrogen (secondary N) is 1. The zero-order valence-corrected chi connectivity index (χ0v) is 20.9. The van der Waals surface area contributed by atoms with Crippen molar-refractivity contribution in [2.24, 2.45) is 7.05 Å². The molecule has 0 saturated carbocycles. The van der Waals surface area contributed by atoms with Crippen LogP contribution in [-0.4, -0.2) is 34.8 Å². The summed E-state index contributed by atoms with van der Waals surface area (Å²) in [4.78, 5) is 24.0. The van der Waals surface area contributed by atoms with Crippen molar-refractivity contribution < 1.29 is 14.3 Å². The summed E-state index contributed by atoms with van der Waals surface area (Å²) in [5, 5.41) is 7.01. The van der Waals surface area contributed by atoms with Crippen molar-refractivity contribution in [1.29, 1.82) is 0 Å². The maximum Gasteiger partial charge on any atom is 0.356 e. The number of carbonyl (C=O) groups excluding carboxylic acids is 2. The van der Waals surface area contributed by atoms with Gasteiger partial charge in [-0.15, -0.1) is 0 Å². The third-order valence-corrected chi connectivity index (χ3v) is 5.91. The van der Waals surface area contributed by atoms with Crippen molar-refractivity contribution >= 4 is 11.9 Å². The molecule has 0 fully saturated rings. The quantitative estimate of drug-likeness (QED) is 0.180. The van der Waals surface area contributed by atoms with Gasteiger partial charge in [-0.1, -0.05) is 103 Å². The van der Waals surface area contributed by atoms with Gasteiger partial charge in [-0.25, -0.2) is 4.79 Å². The Bertz CT molecular complexity index is 628. The summed E-state index contributed by atoms with van der Waals surface area (Å²) in [5.41, 5.74) is 0.548. The molecule has 1 rings (SSSR count). The molecule has 1 amide bonds. The fourth-order valence-electron chi connectivity index (χ4n) is 3.94. The van der Waals surface area contributed by atoms with Crippen molar-refractivity contribution in [2.45, 2.75) is 117 Å². The topological polar surface area (TPSA) is 73.2 Å². The molecule has 0 bridgehead atoms. The molecule has 0 atom stereocenters. The van der Waals surface area contributed by atoms with Gasteiger partial charge in [-0.2, -0.15) is 5.10 Å². The highest BCUT2D eigenvalue weighted by atomic mass is 16.5. The molecule has 0 radical (unpaired) electrons. The molecule has 6 heteroatoms. The van der Waals surface area contributed by atoms with Gasteiger partial charge in [-0.05, 0) is 13.3 Å². The number of nitrogens with zero attached hydrogens (tertiary/aromatic N) is 2. The Labute approximate surface area is 195 Å². The second kappa shape index (κ2) is 18.7. The summed E-state index contributed by atoms with van der Waals surface area (Å²) in [7, 11) is 1.64. The molecule has 1 aromatic rings. The number of unbranched alkanes of at least 4 members (excludes halogenated alkanes) is 15. The summed E-state index contributed by atoms with van der Waals surface area (Å²) >= 11 is 0. The summed E-state index contributed by atoms with van der Waals surface area (Å²) in [6, 6.07) is 1.49. The molecule has 0 aliphatic rings. The van der Waals surface area contributed by atoms with Gasteiger partial charge in [0.1, 0.15) is 5.69 Å². The molecular formula is C26H47N3O3. The minimum Gasteiger partial charge on any atom is -0.461 e. The first-order valence-corrected chi connectivity index (χ1v) is 13.1. The van der Waals surface area contributed by atoms with E-state index in [-0.39, 0.29) is 11.6 Å². The average molecular weight is 450 g/mol. The van der Waals surface area contributed by atoms with Crippen molar-refractivity contribution in [2.75, 3.05) is 13.2 Å². The molecule has 32 heavy (non-hydrogen) atoms. The van der Waals surface area contributed by atoms with Gasteiger partial charge in [0.2, 0.25) is 0 Å². The second-order valence-corrected chi connectivity index (χ2v) is 8.82. The normalized spacial score (nSPS) is 11.0. The average Bonchev–Trinajstić information content (AvgIpc) is 3.18. The maximum atomic E-state index is 12.2. The van der Waals surface area contributed by atoms with Crippen LogP contribution in [0.15, 0.2) is 6.07 Å². The van der Waals surface area contributed by atoms with Gasteiger partial charge >= 0.3 is 5.97 Å². The van der Waals surface area contributed by atoms with Crippen LogP contribution in [0.5, 0.6) is 0 Å². The van der Waals surface area contributed by atoms with E-state index in [1.54, 1.807) is 14.0 Å². The Hall–Kier alpha value is -1.85. The first-order valence-electron chi connectivity index (χ1n) is 13.1. The molecule has 184 valence electrons. The van der Waals surface area contributed by atoms with E-state index in [9.17, 15) is 9.59 Å². The lowest BCUT2D eigenvalue weighted by Crippen LogP contribution is -2.24. The predicted octanol–water partition coefficient (Wildman–Crippen LogP) is 6.59. The molecule has 0 saturated heterocycles. The predicted molar refractivity (Wildman–Crippen MR) is 131 cm³/mol. The Balaban J connectivity index is 1.93. The first-order chi connectivity index (χ1) is 15.6. The van der Waals surface area contributed by atoms with Crippen LogP contribution in [-0.2, 0) is 11.8 Å². The van der Waals surface area contributed by atoms with Crippen molar-refractivity contribution in [3.05, 3.63) is 17.5 Å². The summed E-state index contributed by atoms with van der Waals surface area (Å²) < 4.78 is 6.36. The summed E-state index contributed by atoms with van der Waals surface area (Å²) in [5.74, 6) is -0.698. The van der Waals surface area contributed by atoms with E-state index in [1.165, 1.54) is 101 Å². The minimum atomic E-state index is -0.459. The fraction of sp³-hybridized carbons (Fsp3) is 0.808. The highest BCUT2D eigenvalue weighted by Gasteiger charge is 2.17. The number of hydrogen-bond acceptors (Lipinski definition) is 4. The summed E-state index contributed by atoms with van der Waals surface area (Å²) in [6.07, 6.45) is 21.3. The van der Waals surface area contributed by atoms with Crippen molar-refractivity contribution in [3.8, 4) is 0 Å². The molecule has 6 nitrogen and oxygen atoms in total. The van der Waals surface area contributed by atoms with Gasteiger partial charge in [0.25, 0.3) is 5.91 Å². The van der Waals surface area contributed by atoms with Crippen LogP contribution in [0.25, 0.3) is 0 Å². The van der Waals surface area contributed by atoms with Gasteiger partial charge in [0.05, 0.1) is 6.61 Å². The van der Waals surface area contributed by atoms with Gasteiger partial charge < -0.3 is 10.1 Å². The Morgan fingerprint density at radius 3 is 1.75 bits per heavy atom. The zero-order chi connectivity index (χ0) is 23.4. The van der Waals surface area contributed by atoms with Gasteiger partial charge in [0, 0.05) is 19.7 Å². The number of rotatable bonds is 20. The molecule has 0 aliphatic carbocycles. The Morgan fingerprint density at radius 1 is 0.812 bits per heavy atom. The minimum absolute atomic E-state index is 0.239. The number of aryl methyl sites for hydroxylation is 1. The summed E-state index contributed by atoms with van der Waals surface area (Å²) in [6.45, 7) is 4.96. The Kier molecular flexibility index (Phi) is 16.5. The third kappa shape index (κ3) is 12.9. The van der Waals surface area contributed by atoms with E-state index >= 15 is 0 Å². The van der Waals surface area contributed by atoms with Crippen LogP contribution < -0.4 is 5.32 Å². The number of esters is 1. The van der Waals surface area contributed by atoms with E-state index in [2.05, 4.69) is 17.3 Å². The largest absolute Gasteiger partial charge is 0.461 e. The Morgan fingerprint density at radius 2 is 1.28 bits per heavy atom. The highest BCUT2D eigenvalue weighted by Crippen LogP contribution is 2.13. The van der Waals surface area contributed by atoms with E-state index in [4.69, 9.17) is 4.74 Å². The smallest absolute Gasteiger partial charge is 0.356 e. The lowest BCUT2D eigenvalue weighted by molar-refractivity contribution is 0.0513. The molecule has 0 aliphatic heterocycles. The third-order valence-electron chi connectivity index (χ3n) is 5.91. The molecular weight excluding hydrogens is 402 g/mol. The molecule has 0 spiro atoms. The van der Waals surface area contributed by atoms with Crippen molar-refractivity contribution in [3.63, 3.8) is 0 Å². The lowest BCUT2D eigenvalue weighted by Gasteiger charge is -2.04. The number of hydrogen-bond donors (Lipinski definition) is 1. The van der Waals surface area contributed by atoms with Crippen LogP contribution in [0.1, 0.15) is 138 Å². The van der Waals surface area contributed by atoms with Crippen LogP contribution in [0, 0.1) is 0 Å². The molecule has 1 heterocycles. The number of amides is 1. The van der Waals surface area contributed by atoms with Crippen LogP contribution in [0.4, 0.5) is 0 Å². The number of ether oxygens (including phenoxy) is 1. The van der Waals surface area contributed by atoms with Crippen LogP contribution in [0.2, 0.25) is 0 Å². The fourth-order valence-corrected chi connectivity index (χ4v) is 3.94. The van der Waals surface area contributed by atoms with Crippen molar-refractivity contribution in [1.82, 2.24) is 15.1 Å². The van der Waals surface area contributed by atoms with Crippen LogP contribution >= 0.6 is 0 Å². The van der Waals surface area contributed by atoms with Gasteiger partial charge in [0.15, 0.2) is 5.69 Å². The SMILES string of the molecule is CCCCCCCCCCCCCCCCCCNC(=O)c1cc(C(=O)OCC)n(C)n1. The standard InChI is InChI=1S/C26H47N3O3/c1-4-6-7-8-9-10-11-12-13-14-15-16-17-18-19-20-21-27-25(30)23-22-24(29(3)28-23)26(31)32-5-2/h22H,4-21H2,1-3H3,(H,27,30). The molecule has 1 aromatic heterocycles. The van der Waals surface area contributed by atoms with E-state index in [0.29, 0.717) is 18.8 Å².